The summed E-state index contributed by atoms with van der Waals surface area (Å²) in [5, 5.41) is 0. The first kappa shape index (κ1) is 16.3. The minimum absolute atomic E-state index is 0.269. The molecule has 126 valence electrons. The van der Waals surface area contributed by atoms with Crippen molar-refractivity contribution in [1.29, 1.82) is 0 Å². The molecule has 0 aromatic heterocycles. The van der Waals surface area contributed by atoms with E-state index in [-0.39, 0.29) is 11.3 Å². The Bertz CT molecular complexity index is 584. The summed E-state index contributed by atoms with van der Waals surface area (Å²) in [6.45, 7) is 9.60. The first-order valence-electron chi connectivity index (χ1n) is 8.60. The predicted octanol–water partition coefficient (Wildman–Crippen LogP) is 2.87. The molecule has 1 saturated heterocycles. The summed E-state index contributed by atoms with van der Waals surface area (Å²) in [4.78, 5) is 17.0. The number of nitrogens with zero attached hydrogens (tertiary/aromatic N) is 2. The lowest BCUT2D eigenvalue weighted by Crippen LogP contribution is -2.52. The van der Waals surface area contributed by atoms with Crippen molar-refractivity contribution in [2.75, 3.05) is 33.3 Å². The molecule has 1 aliphatic carbocycles. The summed E-state index contributed by atoms with van der Waals surface area (Å²) in [5.74, 6) is 1.21. The number of ether oxygens (including phenoxy) is 1. The molecule has 1 amide bonds. The molecular formula is C19H28N2O2. The molecule has 2 aliphatic rings. The average Bonchev–Trinajstić information content (AvgIpc) is 2.96. The molecule has 3 rings (SSSR count). The lowest BCUT2D eigenvalue weighted by molar-refractivity contribution is -0.141. The van der Waals surface area contributed by atoms with Gasteiger partial charge in [-0.2, -0.15) is 0 Å². The monoisotopic (exact) mass is 316 g/mol. The highest BCUT2D eigenvalue weighted by Gasteiger charge is 2.34. The van der Waals surface area contributed by atoms with E-state index in [0.29, 0.717) is 6.04 Å². The van der Waals surface area contributed by atoms with Gasteiger partial charge in [0.25, 0.3) is 0 Å². The molecule has 1 aromatic rings. The molecule has 23 heavy (non-hydrogen) atoms. The number of carbonyl (C=O) groups is 1. The van der Waals surface area contributed by atoms with E-state index >= 15 is 0 Å². The third-order valence-electron chi connectivity index (χ3n) is 5.08. The Balaban J connectivity index is 1.67. The maximum Gasteiger partial charge on any atom is 0.228 e. The number of methoxy groups -OCH3 is 1. The Morgan fingerprint density at radius 2 is 1.87 bits per heavy atom. The summed E-state index contributed by atoms with van der Waals surface area (Å²) in [6.07, 6.45) is 2.32. The Kier molecular flexibility index (Phi) is 4.37. The van der Waals surface area contributed by atoms with Crippen molar-refractivity contribution in [2.24, 2.45) is 5.41 Å². The van der Waals surface area contributed by atoms with Crippen LogP contribution < -0.4 is 4.74 Å². The van der Waals surface area contributed by atoms with Crippen LogP contribution in [-0.2, 0) is 11.2 Å². The highest BCUT2D eigenvalue weighted by molar-refractivity contribution is 5.81. The van der Waals surface area contributed by atoms with Gasteiger partial charge in [-0.3, -0.25) is 9.69 Å². The number of amides is 1. The fraction of sp³-hybridized carbons (Fsp3) is 0.632. The number of hydrogen-bond donors (Lipinski definition) is 0. The SMILES string of the molecule is COc1ccc2c(c1)C(N1CCN(C(=O)C(C)(C)C)CC1)CC2. The first-order chi connectivity index (χ1) is 10.9. The molecule has 1 atom stereocenters. The van der Waals surface area contributed by atoms with E-state index in [1.807, 2.05) is 25.7 Å². The lowest BCUT2D eigenvalue weighted by Gasteiger charge is -2.40. The van der Waals surface area contributed by atoms with Crippen LogP contribution in [0.1, 0.15) is 44.4 Å². The summed E-state index contributed by atoms with van der Waals surface area (Å²) in [6, 6.07) is 6.93. The lowest BCUT2D eigenvalue weighted by atomic mass is 9.94. The average molecular weight is 316 g/mol. The van der Waals surface area contributed by atoms with Crippen LogP contribution >= 0.6 is 0 Å². The summed E-state index contributed by atoms with van der Waals surface area (Å²) in [7, 11) is 1.72. The molecule has 1 aromatic carbocycles. The molecule has 4 heteroatoms. The maximum atomic E-state index is 12.4. The van der Waals surface area contributed by atoms with Crippen LogP contribution in [0.2, 0.25) is 0 Å². The van der Waals surface area contributed by atoms with Gasteiger partial charge in [-0.05, 0) is 36.1 Å². The molecule has 1 unspecified atom stereocenters. The number of benzene rings is 1. The van der Waals surface area contributed by atoms with Crippen molar-refractivity contribution in [3.05, 3.63) is 29.3 Å². The van der Waals surface area contributed by atoms with E-state index in [0.717, 1.165) is 38.3 Å². The number of aryl methyl sites for hydroxylation is 1. The zero-order valence-corrected chi connectivity index (χ0v) is 14.8. The van der Waals surface area contributed by atoms with Crippen LogP contribution in [0.5, 0.6) is 5.75 Å². The highest BCUT2D eigenvalue weighted by atomic mass is 16.5. The number of fused-ring (bicyclic) bond motifs is 1. The quantitative estimate of drug-likeness (QED) is 0.841. The van der Waals surface area contributed by atoms with Crippen LogP contribution in [0.25, 0.3) is 0 Å². The molecule has 1 heterocycles. The van der Waals surface area contributed by atoms with E-state index in [4.69, 9.17) is 4.74 Å². The third-order valence-corrected chi connectivity index (χ3v) is 5.08. The van der Waals surface area contributed by atoms with Crippen molar-refractivity contribution in [1.82, 2.24) is 9.80 Å². The second-order valence-corrected chi connectivity index (χ2v) is 7.70. The van der Waals surface area contributed by atoms with Gasteiger partial charge in [-0.25, -0.2) is 0 Å². The second-order valence-electron chi connectivity index (χ2n) is 7.70. The number of rotatable bonds is 2. The molecule has 0 radical (unpaired) electrons. The van der Waals surface area contributed by atoms with E-state index in [9.17, 15) is 4.79 Å². The smallest absolute Gasteiger partial charge is 0.228 e. The minimum Gasteiger partial charge on any atom is -0.497 e. The van der Waals surface area contributed by atoms with Crippen molar-refractivity contribution < 1.29 is 9.53 Å². The van der Waals surface area contributed by atoms with Crippen molar-refractivity contribution >= 4 is 5.91 Å². The molecule has 0 saturated carbocycles. The molecular weight excluding hydrogens is 288 g/mol. The van der Waals surface area contributed by atoms with Gasteiger partial charge in [-0.1, -0.05) is 26.8 Å². The highest BCUT2D eigenvalue weighted by Crippen LogP contribution is 2.38. The Hall–Kier alpha value is -1.55. The van der Waals surface area contributed by atoms with E-state index < -0.39 is 0 Å². The first-order valence-corrected chi connectivity index (χ1v) is 8.60. The third kappa shape index (κ3) is 3.23. The molecule has 1 fully saturated rings. The van der Waals surface area contributed by atoms with Gasteiger partial charge in [0.2, 0.25) is 5.91 Å². The molecule has 0 spiro atoms. The van der Waals surface area contributed by atoms with E-state index in [2.05, 4.69) is 23.1 Å². The fourth-order valence-corrected chi connectivity index (χ4v) is 3.78. The van der Waals surface area contributed by atoms with Gasteiger partial charge in [0, 0.05) is 37.6 Å². The van der Waals surface area contributed by atoms with Crippen molar-refractivity contribution in [3.63, 3.8) is 0 Å². The zero-order valence-electron chi connectivity index (χ0n) is 14.8. The normalized spacial score (nSPS) is 22.1. The van der Waals surface area contributed by atoms with Crippen LogP contribution in [0.15, 0.2) is 18.2 Å². The summed E-state index contributed by atoms with van der Waals surface area (Å²) < 4.78 is 5.39. The predicted molar refractivity (Wildman–Crippen MR) is 91.7 cm³/mol. The molecule has 1 aliphatic heterocycles. The molecule has 4 nitrogen and oxygen atoms in total. The molecule has 0 N–H and O–H groups in total. The topological polar surface area (TPSA) is 32.8 Å². The van der Waals surface area contributed by atoms with Crippen molar-refractivity contribution in [3.8, 4) is 5.75 Å². The van der Waals surface area contributed by atoms with Gasteiger partial charge in [0.15, 0.2) is 0 Å². The van der Waals surface area contributed by atoms with E-state index in [1.165, 1.54) is 17.5 Å². The number of hydrogen-bond acceptors (Lipinski definition) is 3. The van der Waals surface area contributed by atoms with Gasteiger partial charge in [0.05, 0.1) is 7.11 Å². The summed E-state index contributed by atoms with van der Waals surface area (Å²) in [5.41, 5.74) is 2.58. The van der Waals surface area contributed by atoms with Gasteiger partial charge < -0.3 is 9.64 Å². The zero-order chi connectivity index (χ0) is 16.6. The van der Waals surface area contributed by atoms with Crippen LogP contribution in [-0.4, -0.2) is 49.0 Å². The van der Waals surface area contributed by atoms with Crippen LogP contribution in [0, 0.1) is 5.41 Å². The van der Waals surface area contributed by atoms with Crippen LogP contribution in [0.3, 0.4) is 0 Å². The van der Waals surface area contributed by atoms with Gasteiger partial charge in [0.1, 0.15) is 5.75 Å². The maximum absolute atomic E-state index is 12.4. The number of piperazine rings is 1. The Morgan fingerprint density at radius 1 is 1.17 bits per heavy atom. The minimum atomic E-state index is -0.282. The number of carbonyl (C=O) groups excluding carboxylic acids is 1. The van der Waals surface area contributed by atoms with Crippen molar-refractivity contribution in [2.45, 2.75) is 39.7 Å². The Labute approximate surface area is 139 Å². The second kappa shape index (κ2) is 6.16. The van der Waals surface area contributed by atoms with Gasteiger partial charge >= 0.3 is 0 Å². The fourth-order valence-electron chi connectivity index (χ4n) is 3.78. The standard InChI is InChI=1S/C19H28N2O2/c1-19(2,3)18(22)21-11-9-20(10-12-21)17-8-6-14-5-7-15(23-4)13-16(14)17/h5,7,13,17H,6,8-12H2,1-4H3. The van der Waals surface area contributed by atoms with E-state index in [1.54, 1.807) is 7.11 Å². The summed E-state index contributed by atoms with van der Waals surface area (Å²) >= 11 is 0. The molecule has 0 bridgehead atoms. The largest absolute Gasteiger partial charge is 0.497 e. The van der Waals surface area contributed by atoms with Crippen LogP contribution in [0.4, 0.5) is 0 Å². The van der Waals surface area contributed by atoms with Gasteiger partial charge in [-0.15, -0.1) is 0 Å². The Morgan fingerprint density at radius 3 is 2.48 bits per heavy atom.